The summed E-state index contributed by atoms with van der Waals surface area (Å²) in [4.78, 5) is 0. The van der Waals surface area contributed by atoms with Crippen LogP contribution in [-0.4, -0.2) is 27.1 Å². The zero-order valence-corrected chi connectivity index (χ0v) is 9.91. The highest BCUT2D eigenvalue weighted by Crippen LogP contribution is 2.23. The second-order valence-electron chi connectivity index (χ2n) is 3.06. The molecule has 4 nitrogen and oxygen atoms in total. The number of benzene rings is 1. The first-order valence-electron chi connectivity index (χ1n) is 4.71. The molecule has 0 spiro atoms. The molecule has 0 bridgehead atoms. The van der Waals surface area contributed by atoms with Crippen LogP contribution in [0.4, 0.5) is 5.69 Å². The van der Waals surface area contributed by atoms with Crippen molar-refractivity contribution in [3.63, 3.8) is 0 Å². The van der Waals surface area contributed by atoms with Crippen LogP contribution in [0.15, 0.2) is 18.2 Å². The first-order chi connectivity index (χ1) is 7.72. The van der Waals surface area contributed by atoms with E-state index < -0.39 is 0 Å². The Morgan fingerprint density at radius 3 is 2.69 bits per heavy atom. The van der Waals surface area contributed by atoms with E-state index in [2.05, 4.69) is 5.32 Å². The summed E-state index contributed by atoms with van der Waals surface area (Å²) in [5.41, 5.74) is 1.10. The summed E-state index contributed by atoms with van der Waals surface area (Å²) in [6, 6.07) is 7.29. The number of hydrogen-bond acceptors (Lipinski definition) is 4. The fourth-order valence-corrected chi connectivity index (χ4v) is 1.46. The molecule has 0 aromatic heterocycles. The van der Waals surface area contributed by atoms with Gasteiger partial charge in [0.05, 0.1) is 22.8 Å². The molecule has 5 heteroatoms. The quantitative estimate of drug-likeness (QED) is 0.802. The van der Waals surface area contributed by atoms with Crippen LogP contribution in [-0.2, 0) is 9.47 Å². The van der Waals surface area contributed by atoms with Gasteiger partial charge in [-0.3, -0.25) is 0 Å². The maximum atomic E-state index is 8.94. The fraction of sp³-hybridized carbons (Fsp3) is 0.364. The van der Waals surface area contributed by atoms with Crippen molar-refractivity contribution in [2.45, 2.75) is 6.29 Å². The topological polar surface area (TPSA) is 54.3 Å². The lowest BCUT2D eigenvalue weighted by atomic mass is 10.2. The van der Waals surface area contributed by atoms with E-state index in [9.17, 15) is 0 Å². The van der Waals surface area contributed by atoms with Crippen LogP contribution in [0.1, 0.15) is 5.56 Å². The molecule has 0 aliphatic heterocycles. The van der Waals surface area contributed by atoms with E-state index >= 15 is 0 Å². The fourth-order valence-electron chi connectivity index (χ4n) is 1.24. The highest BCUT2D eigenvalue weighted by molar-refractivity contribution is 6.32. The second-order valence-corrected chi connectivity index (χ2v) is 3.46. The number of methoxy groups -OCH3 is 2. The third-order valence-electron chi connectivity index (χ3n) is 2.11. The monoisotopic (exact) mass is 240 g/mol. The molecule has 1 aromatic rings. The Labute approximate surface area is 99.7 Å². The molecular weight excluding hydrogens is 228 g/mol. The Bertz CT molecular complexity index is 386. The molecule has 0 radical (unpaired) electrons. The number of hydrogen-bond donors (Lipinski definition) is 1. The molecule has 0 aliphatic rings. The van der Waals surface area contributed by atoms with Gasteiger partial charge in [0.15, 0.2) is 6.29 Å². The molecule has 0 saturated heterocycles. The Balaban J connectivity index is 2.74. The number of halogens is 1. The van der Waals surface area contributed by atoms with Gasteiger partial charge in [-0.05, 0) is 12.1 Å². The van der Waals surface area contributed by atoms with Crippen molar-refractivity contribution < 1.29 is 9.47 Å². The average Bonchev–Trinajstić information content (AvgIpc) is 2.30. The molecule has 0 atom stereocenters. The van der Waals surface area contributed by atoms with Gasteiger partial charge in [0.2, 0.25) is 0 Å². The van der Waals surface area contributed by atoms with Gasteiger partial charge in [-0.1, -0.05) is 17.7 Å². The van der Waals surface area contributed by atoms with E-state index in [4.69, 9.17) is 26.3 Å². The Morgan fingerprint density at radius 2 is 2.12 bits per heavy atom. The van der Waals surface area contributed by atoms with Gasteiger partial charge in [-0.15, -0.1) is 0 Å². The van der Waals surface area contributed by atoms with Crippen LogP contribution in [0, 0.1) is 11.3 Å². The highest BCUT2D eigenvalue weighted by Gasteiger charge is 2.09. The molecule has 1 N–H and O–H groups in total. The van der Waals surface area contributed by atoms with Gasteiger partial charge in [0, 0.05) is 14.2 Å². The molecule has 1 rings (SSSR count). The second kappa shape index (κ2) is 6.33. The van der Waals surface area contributed by atoms with Gasteiger partial charge >= 0.3 is 0 Å². The molecule has 0 unspecified atom stereocenters. The molecule has 16 heavy (non-hydrogen) atoms. The number of ether oxygens (including phenoxy) is 2. The number of anilines is 1. The van der Waals surface area contributed by atoms with E-state index in [0.29, 0.717) is 22.8 Å². The minimum Gasteiger partial charge on any atom is -0.379 e. The van der Waals surface area contributed by atoms with E-state index in [1.165, 1.54) is 0 Å². The van der Waals surface area contributed by atoms with Crippen molar-refractivity contribution >= 4 is 17.3 Å². The Hall–Kier alpha value is -1.28. The maximum absolute atomic E-state index is 8.94. The van der Waals surface area contributed by atoms with Crippen molar-refractivity contribution in [3.05, 3.63) is 28.8 Å². The van der Waals surface area contributed by atoms with Gasteiger partial charge in [0.1, 0.15) is 6.07 Å². The summed E-state index contributed by atoms with van der Waals surface area (Å²) in [6.07, 6.45) is -0.356. The van der Waals surface area contributed by atoms with Crippen LogP contribution in [0.5, 0.6) is 0 Å². The van der Waals surface area contributed by atoms with E-state index in [1.807, 2.05) is 6.07 Å². The van der Waals surface area contributed by atoms with E-state index in [0.717, 1.165) is 0 Å². The van der Waals surface area contributed by atoms with Crippen molar-refractivity contribution in [2.24, 2.45) is 0 Å². The molecule has 0 heterocycles. The van der Waals surface area contributed by atoms with Crippen LogP contribution >= 0.6 is 11.6 Å². The molecular formula is C11H13ClN2O2. The van der Waals surface area contributed by atoms with Gasteiger partial charge < -0.3 is 14.8 Å². The van der Waals surface area contributed by atoms with Gasteiger partial charge in [-0.2, -0.15) is 5.26 Å². The minimum atomic E-state index is -0.356. The summed E-state index contributed by atoms with van der Waals surface area (Å²) in [6.45, 7) is 0.446. The van der Waals surface area contributed by atoms with Crippen LogP contribution < -0.4 is 5.32 Å². The summed E-state index contributed by atoms with van der Waals surface area (Å²) >= 11 is 5.89. The van der Waals surface area contributed by atoms with Crippen LogP contribution in [0.25, 0.3) is 0 Å². The third-order valence-corrected chi connectivity index (χ3v) is 2.43. The smallest absolute Gasteiger partial charge is 0.173 e. The first-order valence-corrected chi connectivity index (χ1v) is 5.08. The van der Waals surface area contributed by atoms with Gasteiger partial charge in [-0.25, -0.2) is 0 Å². The van der Waals surface area contributed by atoms with Crippen molar-refractivity contribution in [1.29, 1.82) is 5.26 Å². The lowest BCUT2D eigenvalue weighted by Gasteiger charge is -2.15. The lowest BCUT2D eigenvalue weighted by Crippen LogP contribution is -2.23. The average molecular weight is 241 g/mol. The van der Waals surface area contributed by atoms with Crippen LogP contribution in [0.3, 0.4) is 0 Å². The Kier molecular flexibility index (Phi) is 5.06. The van der Waals surface area contributed by atoms with E-state index in [1.54, 1.807) is 32.4 Å². The number of nitrogens with one attached hydrogen (secondary N) is 1. The SMILES string of the molecule is COC(CNc1cccc(Cl)c1C#N)OC. The molecule has 0 amide bonds. The minimum absolute atomic E-state index is 0.356. The molecule has 0 saturated carbocycles. The Morgan fingerprint density at radius 1 is 1.44 bits per heavy atom. The summed E-state index contributed by atoms with van der Waals surface area (Å²) in [5, 5.41) is 12.4. The number of nitrogens with zero attached hydrogens (tertiary/aromatic N) is 1. The molecule has 86 valence electrons. The van der Waals surface area contributed by atoms with Crippen molar-refractivity contribution in [2.75, 3.05) is 26.1 Å². The standard InChI is InChI=1S/C11H13ClN2O2/c1-15-11(16-2)7-14-10-5-3-4-9(12)8(10)6-13/h3-5,11,14H,7H2,1-2H3. The first kappa shape index (κ1) is 12.8. The summed E-state index contributed by atoms with van der Waals surface area (Å²) in [5.74, 6) is 0. The van der Waals surface area contributed by atoms with Crippen LogP contribution in [0.2, 0.25) is 5.02 Å². The predicted molar refractivity (Wildman–Crippen MR) is 62.5 cm³/mol. The molecule has 0 fully saturated rings. The molecule has 1 aromatic carbocycles. The lowest BCUT2D eigenvalue weighted by molar-refractivity contribution is -0.0914. The van der Waals surface area contributed by atoms with Crippen molar-refractivity contribution in [3.8, 4) is 6.07 Å². The third kappa shape index (κ3) is 3.11. The number of nitriles is 1. The van der Waals surface area contributed by atoms with Gasteiger partial charge in [0.25, 0.3) is 0 Å². The van der Waals surface area contributed by atoms with Crippen molar-refractivity contribution in [1.82, 2.24) is 0 Å². The normalized spacial score (nSPS) is 10.2. The summed E-state index contributed by atoms with van der Waals surface area (Å²) in [7, 11) is 3.11. The largest absolute Gasteiger partial charge is 0.379 e. The number of rotatable bonds is 5. The summed E-state index contributed by atoms with van der Waals surface area (Å²) < 4.78 is 10.0. The highest BCUT2D eigenvalue weighted by atomic mass is 35.5. The zero-order valence-electron chi connectivity index (χ0n) is 9.16. The maximum Gasteiger partial charge on any atom is 0.173 e. The zero-order chi connectivity index (χ0) is 12.0. The predicted octanol–water partition coefficient (Wildman–Crippen LogP) is 2.24. The van der Waals surface area contributed by atoms with E-state index in [-0.39, 0.29) is 6.29 Å². The molecule has 0 aliphatic carbocycles.